The Morgan fingerprint density at radius 2 is 2.12 bits per heavy atom. The minimum atomic E-state index is -0.244. The van der Waals surface area contributed by atoms with Gasteiger partial charge in [0.15, 0.2) is 11.5 Å². The number of methoxy groups -OCH3 is 2. The van der Waals surface area contributed by atoms with Crippen molar-refractivity contribution in [2.24, 2.45) is 0 Å². The van der Waals surface area contributed by atoms with Gasteiger partial charge >= 0.3 is 6.03 Å². The highest BCUT2D eigenvalue weighted by molar-refractivity contribution is 6.00. The molecule has 3 aromatic rings. The molecule has 0 aliphatic heterocycles. The molecule has 134 valence electrons. The molecule has 3 N–H and O–H groups in total. The summed E-state index contributed by atoms with van der Waals surface area (Å²) in [6.07, 6.45) is 3.35. The largest absolute Gasteiger partial charge is 0.493 e. The molecule has 0 fully saturated rings. The fraction of sp³-hybridized carbons (Fsp3) is 0.263. The van der Waals surface area contributed by atoms with Crippen LogP contribution in [-0.4, -0.2) is 30.4 Å². The number of hydrogen-bond donors (Lipinski definition) is 3. The van der Waals surface area contributed by atoms with Gasteiger partial charge in [0.05, 0.1) is 37.7 Å². The summed E-state index contributed by atoms with van der Waals surface area (Å²) >= 11 is 0. The molecule has 1 unspecified atom stereocenters. The Labute approximate surface area is 150 Å². The maximum absolute atomic E-state index is 12.5. The maximum atomic E-state index is 12.5. The first-order valence-corrected chi connectivity index (χ1v) is 8.44. The number of ether oxygens (including phenoxy) is 2. The van der Waals surface area contributed by atoms with Gasteiger partial charge in [-0.1, -0.05) is 12.1 Å². The number of nitrogens with one attached hydrogen (secondary N) is 3. The Hall–Kier alpha value is -3.22. The molecule has 1 aromatic heterocycles. The van der Waals surface area contributed by atoms with Gasteiger partial charge in [-0.25, -0.2) is 4.79 Å². The molecule has 7 heteroatoms. The highest BCUT2D eigenvalue weighted by Gasteiger charge is 2.28. The normalized spacial score (nSPS) is 15.5. The average Bonchev–Trinajstić information content (AvgIpc) is 3.28. The molecule has 0 saturated heterocycles. The molecule has 0 radical (unpaired) electrons. The van der Waals surface area contributed by atoms with Crippen LogP contribution in [-0.2, 0) is 6.42 Å². The van der Waals surface area contributed by atoms with Crippen molar-refractivity contribution in [3.8, 4) is 11.5 Å². The van der Waals surface area contributed by atoms with Gasteiger partial charge in [-0.3, -0.25) is 5.10 Å². The van der Waals surface area contributed by atoms with Crippen LogP contribution in [0.15, 0.2) is 36.5 Å². The summed E-state index contributed by atoms with van der Waals surface area (Å²) in [7, 11) is 3.26. The van der Waals surface area contributed by atoms with Crippen LogP contribution in [0.4, 0.5) is 10.5 Å². The zero-order valence-electron chi connectivity index (χ0n) is 14.6. The molecule has 1 aliphatic rings. The second-order valence-corrected chi connectivity index (χ2v) is 6.20. The van der Waals surface area contributed by atoms with Gasteiger partial charge in [-0.05, 0) is 36.6 Å². The van der Waals surface area contributed by atoms with Gasteiger partial charge in [0.1, 0.15) is 0 Å². The number of fused-ring (bicyclic) bond motifs is 2. The molecule has 4 rings (SSSR count). The Kier molecular flexibility index (Phi) is 4.12. The number of anilines is 1. The number of benzene rings is 2. The topological polar surface area (TPSA) is 88.3 Å². The smallest absolute Gasteiger partial charge is 0.319 e. The van der Waals surface area contributed by atoms with Crippen molar-refractivity contribution in [1.82, 2.24) is 15.5 Å². The van der Waals surface area contributed by atoms with E-state index in [-0.39, 0.29) is 12.1 Å². The summed E-state index contributed by atoms with van der Waals surface area (Å²) < 4.78 is 10.9. The molecule has 7 nitrogen and oxygen atoms in total. The van der Waals surface area contributed by atoms with Crippen molar-refractivity contribution in [3.63, 3.8) is 0 Å². The van der Waals surface area contributed by atoms with Crippen LogP contribution >= 0.6 is 0 Å². The molecule has 0 spiro atoms. The van der Waals surface area contributed by atoms with Crippen molar-refractivity contribution >= 4 is 22.6 Å². The maximum Gasteiger partial charge on any atom is 0.319 e. The highest BCUT2D eigenvalue weighted by atomic mass is 16.5. The average molecular weight is 352 g/mol. The van der Waals surface area contributed by atoms with Gasteiger partial charge in [0, 0.05) is 10.9 Å². The molecule has 1 heterocycles. The standard InChI is InChI=1S/C19H20N4O3/c1-25-17-9-7-11-12(18(17)26-2)6-8-15(11)22-19(24)21-14-4-3-5-16-13(14)10-20-23-16/h3-5,7,9-10,15H,6,8H2,1-2H3,(H,20,23)(H2,21,22,24). The summed E-state index contributed by atoms with van der Waals surface area (Å²) in [6, 6.07) is 9.21. The lowest BCUT2D eigenvalue weighted by Gasteiger charge is -2.17. The quantitative estimate of drug-likeness (QED) is 0.671. The van der Waals surface area contributed by atoms with Gasteiger partial charge in [0.25, 0.3) is 0 Å². The fourth-order valence-electron chi connectivity index (χ4n) is 3.58. The Morgan fingerprint density at radius 1 is 1.23 bits per heavy atom. The number of carbonyl (C=O) groups excluding carboxylic acids is 1. The van der Waals surface area contributed by atoms with E-state index in [1.54, 1.807) is 20.4 Å². The lowest BCUT2D eigenvalue weighted by molar-refractivity contribution is 0.248. The monoisotopic (exact) mass is 352 g/mol. The van der Waals surface area contributed by atoms with E-state index < -0.39 is 0 Å². The predicted molar refractivity (Wildman–Crippen MR) is 98.9 cm³/mol. The van der Waals surface area contributed by atoms with Gasteiger partial charge in [0.2, 0.25) is 0 Å². The number of urea groups is 1. The molecular weight excluding hydrogens is 332 g/mol. The molecule has 2 amide bonds. The Morgan fingerprint density at radius 3 is 2.92 bits per heavy atom. The van der Waals surface area contributed by atoms with Crippen LogP contribution in [0.5, 0.6) is 11.5 Å². The number of aromatic nitrogens is 2. The van der Waals surface area contributed by atoms with Crippen LogP contribution in [0.3, 0.4) is 0 Å². The number of hydrogen-bond acceptors (Lipinski definition) is 4. The molecular formula is C19H20N4O3. The zero-order chi connectivity index (χ0) is 18.1. The summed E-state index contributed by atoms with van der Waals surface area (Å²) in [5.74, 6) is 1.46. The van der Waals surface area contributed by atoms with Gasteiger partial charge < -0.3 is 20.1 Å². The van der Waals surface area contributed by atoms with E-state index in [1.807, 2.05) is 30.3 Å². The molecule has 0 saturated carbocycles. The van der Waals surface area contributed by atoms with E-state index in [1.165, 1.54) is 0 Å². The van der Waals surface area contributed by atoms with Crippen LogP contribution in [0.1, 0.15) is 23.6 Å². The van der Waals surface area contributed by atoms with E-state index in [4.69, 9.17) is 9.47 Å². The van der Waals surface area contributed by atoms with Crippen molar-refractivity contribution in [1.29, 1.82) is 0 Å². The highest BCUT2D eigenvalue weighted by Crippen LogP contribution is 2.42. The number of nitrogens with zero attached hydrogens (tertiary/aromatic N) is 1. The van der Waals surface area contributed by atoms with Crippen molar-refractivity contribution < 1.29 is 14.3 Å². The van der Waals surface area contributed by atoms with Crippen LogP contribution < -0.4 is 20.1 Å². The molecule has 2 aromatic carbocycles. The number of H-pyrrole nitrogens is 1. The first kappa shape index (κ1) is 16.3. The van der Waals surface area contributed by atoms with Gasteiger partial charge in [-0.2, -0.15) is 5.10 Å². The minimum Gasteiger partial charge on any atom is -0.493 e. The van der Waals surface area contributed by atoms with Crippen LogP contribution in [0.25, 0.3) is 10.9 Å². The van der Waals surface area contributed by atoms with E-state index in [9.17, 15) is 4.79 Å². The second kappa shape index (κ2) is 6.59. The third-order valence-electron chi connectivity index (χ3n) is 4.78. The molecule has 1 atom stereocenters. The van der Waals surface area contributed by atoms with Crippen LogP contribution in [0.2, 0.25) is 0 Å². The summed E-state index contributed by atoms with van der Waals surface area (Å²) in [6.45, 7) is 0. The minimum absolute atomic E-state index is 0.0617. The number of amides is 2. The van der Waals surface area contributed by atoms with E-state index in [2.05, 4.69) is 20.8 Å². The van der Waals surface area contributed by atoms with E-state index in [0.717, 1.165) is 46.3 Å². The van der Waals surface area contributed by atoms with Crippen LogP contribution in [0, 0.1) is 0 Å². The summed E-state index contributed by atoms with van der Waals surface area (Å²) in [5.41, 5.74) is 3.76. The molecule has 26 heavy (non-hydrogen) atoms. The fourth-order valence-corrected chi connectivity index (χ4v) is 3.58. The SMILES string of the molecule is COc1ccc2c(c1OC)CCC2NC(=O)Nc1cccc2[nH]ncc12. The molecule has 0 bridgehead atoms. The van der Waals surface area contributed by atoms with Gasteiger partial charge in [-0.15, -0.1) is 0 Å². The van der Waals surface area contributed by atoms with Crippen molar-refractivity contribution in [2.75, 3.05) is 19.5 Å². The zero-order valence-corrected chi connectivity index (χ0v) is 14.6. The number of aromatic amines is 1. The number of carbonyl (C=O) groups is 1. The first-order chi connectivity index (χ1) is 12.7. The molecule has 1 aliphatic carbocycles. The summed E-state index contributed by atoms with van der Waals surface area (Å²) in [5, 5.41) is 13.8. The van der Waals surface area contributed by atoms with Crippen molar-refractivity contribution in [2.45, 2.75) is 18.9 Å². The third-order valence-corrected chi connectivity index (χ3v) is 4.78. The summed E-state index contributed by atoms with van der Waals surface area (Å²) in [4.78, 5) is 12.5. The van der Waals surface area contributed by atoms with E-state index in [0.29, 0.717) is 5.75 Å². The third kappa shape index (κ3) is 2.71. The second-order valence-electron chi connectivity index (χ2n) is 6.20. The lowest BCUT2D eigenvalue weighted by atomic mass is 10.1. The first-order valence-electron chi connectivity index (χ1n) is 8.44. The van der Waals surface area contributed by atoms with E-state index >= 15 is 0 Å². The van der Waals surface area contributed by atoms with Crippen molar-refractivity contribution in [3.05, 3.63) is 47.7 Å². The lowest BCUT2D eigenvalue weighted by Crippen LogP contribution is -2.31. The Bertz CT molecular complexity index is 967. The Balaban J connectivity index is 1.53. The number of rotatable bonds is 4. The predicted octanol–water partition coefficient (Wildman–Crippen LogP) is 3.39.